The second-order valence-electron chi connectivity index (χ2n) is 6.07. The molecule has 7 heteroatoms. The molecule has 2 heterocycles. The summed E-state index contributed by atoms with van der Waals surface area (Å²) in [5.74, 6) is -0.513. The van der Waals surface area contributed by atoms with E-state index in [1.54, 1.807) is 6.92 Å². The van der Waals surface area contributed by atoms with Crippen LogP contribution in [0.5, 0.6) is 0 Å². The van der Waals surface area contributed by atoms with Gasteiger partial charge in [0, 0.05) is 24.5 Å². The second-order valence-corrected chi connectivity index (χ2v) is 6.07. The van der Waals surface area contributed by atoms with Crippen LogP contribution in [0.15, 0.2) is 41.0 Å². The van der Waals surface area contributed by atoms with Crippen molar-refractivity contribution in [3.05, 3.63) is 47.9 Å². The van der Waals surface area contributed by atoms with Crippen molar-refractivity contribution in [1.82, 2.24) is 0 Å². The number of benzene rings is 1. The summed E-state index contributed by atoms with van der Waals surface area (Å²) < 4.78 is 15.6. The van der Waals surface area contributed by atoms with E-state index in [-0.39, 0.29) is 0 Å². The Morgan fingerprint density at radius 2 is 1.85 bits per heavy atom. The number of nitrogens with one attached hydrogen (secondary N) is 1. The summed E-state index contributed by atoms with van der Waals surface area (Å²) in [5.41, 5.74) is 2.05. The van der Waals surface area contributed by atoms with Crippen LogP contribution in [0.4, 0.5) is 11.4 Å². The topological polar surface area (TPSA) is 81.0 Å². The molecule has 1 aromatic carbocycles. The smallest absolute Gasteiger partial charge is 0.342 e. The molecule has 0 aliphatic carbocycles. The number of rotatable bonds is 5. The van der Waals surface area contributed by atoms with Crippen molar-refractivity contribution < 1.29 is 23.5 Å². The van der Waals surface area contributed by atoms with Crippen molar-refractivity contribution >= 4 is 23.3 Å². The van der Waals surface area contributed by atoms with E-state index in [9.17, 15) is 9.59 Å². The lowest BCUT2D eigenvalue weighted by Gasteiger charge is -2.28. The van der Waals surface area contributed by atoms with Crippen molar-refractivity contribution in [2.45, 2.75) is 20.0 Å². The molecule has 0 unspecified atom stereocenters. The van der Waals surface area contributed by atoms with Crippen molar-refractivity contribution in [1.29, 1.82) is 0 Å². The van der Waals surface area contributed by atoms with Gasteiger partial charge >= 0.3 is 5.97 Å². The normalized spacial score (nSPS) is 15.4. The van der Waals surface area contributed by atoms with Gasteiger partial charge in [-0.05, 0) is 44.2 Å². The van der Waals surface area contributed by atoms with Gasteiger partial charge in [-0.25, -0.2) is 4.79 Å². The van der Waals surface area contributed by atoms with E-state index < -0.39 is 18.0 Å². The van der Waals surface area contributed by atoms with Crippen LogP contribution in [0.1, 0.15) is 23.0 Å². The standard InChI is InChI=1S/C19H22N2O5/c1-13-17(7-10-25-13)19(23)26-14(2)18(22)20-15-3-5-16(6-4-15)21-8-11-24-12-9-21/h3-7,10,14H,8-9,11-12H2,1-2H3,(H,20,22)/t14-/m0/s1. The van der Waals surface area contributed by atoms with E-state index in [1.165, 1.54) is 19.3 Å². The fourth-order valence-electron chi connectivity index (χ4n) is 2.70. The summed E-state index contributed by atoms with van der Waals surface area (Å²) in [6.45, 7) is 6.34. The maximum atomic E-state index is 12.3. The third-order valence-electron chi connectivity index (χ3n) is 4.24. The van der Waals surface area contributed by atoms with Crippen LogP contribution in [-0.2, 0) is 14.3 Å². The Kier molecular flexibility index (Phi) is 5.58. The van der Waals surface area contributed by atoms with Crippen molar-refractivity contribution in [3.8, 4) is 0 Å². The molecular formula is C19H22N2O5. The van der Waals surface area contributed by atoms with E-state index in [4.69, 9.17) is 13.9 Å². The van der Waals surface area contributed by atoms with Crippen LogP contribution in [0, 0.1) is 6.92 Å². The highest BCUT2D eigenvalue weighted by Gasteiger charge is 2.21. The molecule has 1 aromatic heterocycles. The Bertz CT molecular complexity index is 762. The van der Waals surface area contributed by atoms with Crippen LogP contribution in [0.3, 0.4) is 0 Å². The van der Waals surface area contributed by atoms with Crippen molar-refractivity contribution in [2.75, 3.05) is 36.5 Å². The first kappa shape index (κ1) is 18.0. The van der Waals surface area contributed by atoms with Gasteiger partial charge in [-0.15, -0.1) is 0 Å². The average Bonchev–Trinajstić information content (AvgIpc) is 3.09. The Morgan fingerprint density at radius 1 is 1.15 bits per heavy atom. The minimum atomic E-state index is -0.921. The van der Waals surface area contributed by atoms with Gasteiger partial charge in [0.15, 0.2) is 6.10 Å². The SMILES string of the molecule is Cc1occc1C(=O)O[C@@H](C)C(=O)Nc1ccc(N2CCOCC2)cc1. The molecule has 0 bridgehead atoms. The number of hydrogen-bond acceptors (Lipinski definition) is 6. The van der Waals surface area contributed by atoms with E-state index in [0.29, 0.717) is 17.0 Å². The van der Waals surface area contributed by atoms with Gasteiger partial charge in [0.1, 0.15) is 11.3 Å². The Morgan fingerprint density at radius 3 is 2.46 bits per heavy atom. The predicted molar refractivity (Wildman–Crippen MR) is 96.4 cm³/mol. The summed E-state index contributed by atoms with van der Waals surface area (Å²) in [7, 11) is 0. The zero-order valence-electron chi connectivity index (χ0n) is 14.9. The number of anilines is 2. The fourth-order valence-corrected chi connectivity index (χ4v) is 2.70. The molecule has 26 heavy (non-hydrogen) atoms. The maximum absolute atomic E-state index is 12.3. The first-order valence-corrected chi connectivity index (χ1v) is 8.53. The summed E-state index contributed by atoms with van der Waals surface area (Å²) in [6, 6.07) is 9.08. The minimum Gasteiger partial charge on any atom is -0.469 e. The first-order chi connectivity index (χ1) is 12.5. The molecule has 1 atom stereocenters. The molecule has 0 spiro atoms. The van der Waals surface area contributed by atoms with Gasteiger partial charge in [0.25, 0.3) is 5.91 Å². The van der Waals surface area contributed by atoms with E-state index in [2.05, 4.69) is 10.2 Å². The number of aryl methyl sites for hydroxylation is 1. The molecule has 1 amide bonds. The highest BCUT2D eigenvalue weighted by atomic mass is 16.5. The van der Waals surface area contributed by atoms with Crippen LogP contribution < -0.4 is 10.2 Å². The number of carbonyl (C=O) groups excluding carboxylic acids is 2. The molecule has 0 saturated carbocycles. The number of amides is 1. The van der Waals surface area contributed by atoms with Crippen LogP contribution in [-0.4, -0.2) is 44.3 Å². The molecule has 7 nitrogen and oxygen atoms in total. The number of furan rings is 1. The minimum absolute atomic E-state index is 0.319. The van der Waals surface area contributed by atoms with Crippen LogP contribution in [0.25, 0.3) is 0 Å². The summed E-state index contributed by atoms with van der Waals surface area (Å²) in [5, 5.41) is 2.75. The second kappa shape index (κ2) is 8.05. The quantitative estimate of drug-likeness (QED) is 0.828. The molecule has 0 radical (unpaired) electrons. The largest absolute Gasteiger partial charge is 0.469 e. The molecule has 1 fully saturated rings. The predicted octanol–water partition coefficient (Wildman–Crippen LogP) is 2.61. The Labute approximate surface area is 151 Å². The number of carbonyl (C=O) groups is 2. The lowest BCUT2D eigenvalue weighted by atomic mass is 10.2. The first-order valence-electron chi connectivity index (χ1n) is 8.53. The van der Waals surface area contributed by atoms with Gasteiger partial charge in [-0.2, -0.15) is 0 Å². The molecule has 1 aliphatic heterocycles. The van der Waals surface area contributed by atoms with Crippen molar-refractivity contribution in [2.24, 2.45) is 0 Å². The monoisotopic (exact) mass is 358 g/mol. The lowest BCUT2D eigenvalue weighted by molar-refractivity contribution is -0.123. The number of morpholine rings is 1. The van der Waals surface area contributed by atoms with Crippen LogP contribution >= 0.6 is 0 Å². The fraction of sp³-hybridized carbons (Fsp3) is 0.368. The molecule has 1 N–H and O–H groups in total. The van der Waals surface area contributed by atoms with E-state index >= 15 is 0 Å². The number of nitrogens with zero attached hydrogens (tertiary/aromatic N) is 1. The summed E-state index contributed by atoms with van der Waals surface area (Å²) >= 11 is 0. The number of hydrogen-bond donors (Lipinski definition) is 1. The Balaban J connectivity index is 1.55. The highest BCUT2D eigenvalue weighted by molar-refractivity contribution is 5.97. The number of ether oxygens (including phenoxy) is 2. The Hall–Kier alpha value is -2.80. The zero-order chi connectivity index (χ0) is 18.5. The van der Waals surface area contributed by atoms with Gasteiger partial charge in [-0.3, -0.25) is 4.79 Å². The summed E-state index contributed by atoms with van der Waals surface area (Å²) in [4.78, 5) is 26.5. The van der Waals surface area contributed by atoms with Gasteiger partial charge < -0.3 is 24.1 Å². The molecular weight excluding hydrogens is 336 g/mol. The molecule has 3 rings (SSSR count). The van der Waals surface area contributed by atoms with Crippen molar-refractivity contribution in [3.63, 3.8) is 0 Å². The lowest BCUT2D eigenvalue weighted by Crippen LogP contribution is -2.36. The third kappa shape index (κ3) is 4.23. The van der Waals surface area contributed by atoms with E-state index in [0.717, 1.165) is 32.0 Å². The third-order valence-corrected chi connectivity index (χ3v) is 4.24. The van der Waals surface area contributed by atoms with Gasteiger partial charge in [-0.1, -0.05) is 0 Å². The van der Waals surface area contributed by atoms with Crippen LogP contribution in [0.2, 0.25) is 0 Å². The average molecular weight is 358 g/mol. The molecule has 1 saturated heterocycles. The molecule has 2 aromatic rings. The summed E-state index contributed by atoms with van der Waals surface area (Å²) in [6.07, 6.45) is 0.489. The molecule has 138 valence electrons. The maximum Gasteiger partial charge on any atom is 0.342 e. The van der Waals surface area contributed by atoms with Gasteiger partial charge in [0.2, 0.25) is 0 Å². The zero-order valence-corrected chi connectivity index (χ0v) is 14.9. The van der Waals surface area contributed by atoms with E-state index in [1.807, 2.05) is 24.3 Å². The van der Waals surface area contributed by atoms with Gasteiger partial charge in [0.05, 0.1) is 19.5 Å². The number of esters is 1. The highest BCUT2D eigenvalue weighted by Crippen LogP contribution is 2.19. The molecule has 1 aliphatic rings.